The molecule has 0 aliphatic heterocycles. The average Bonchev–Trinajstić information content (AvgIpc) is 3.20. The molecule has 0 atom stereocenters. The van der Waals surface area contributed by atoms with Crippen molar-refractivity contribution in [2.75, 3.05) is 6.61 Å². The third-order valence-electron chi connectivity index (χ3n) is 4.73. The number of nitrogens with zero attached hydrogens (tertiary/aromatic N) is 1. The molecule has 0 bridgehead atoms. The number of carbonyl (C=O) groups is 2. The normalized spacial score (nSPS) is 10.6. The molecule has 1 aromatic heterocycles. The fraction of sp³-hybridized carbons (Fsp3) is 0.0800. The second-order valence-corrected chi connectivity index (χ2v) is 7.79. The van der Waals surface area contributed by atoms with E-state index in [2.05, 4.69) is 20.9 Å². The van der Waals surface area contributed by atoms with Crippen LogP contribution in [-0.2, 0) is 4.74 Å². The number of aryl methyl sites for hydroxylation is 1. The summed E-state index contributed by atoms with van der Waals surface area (Å²) < 4.78 is 11.8. The maximum Gasteiger partial charge on any atom is 0.361 e. The molecule has 0 amide bonds. The lowest BCUT2D eigenvalue weighted by atomic mass is 10.0. The van der Waals surface area contributed by atoms with Crippen molar-refractivity contribution in [2.24, 2.45) is 0 Å². The number of benzene rings is 3. The molecule has 154 valence electrons. The third kappa shape index (κ3) is 4.81. The number of carbonyl (C=O) groups excluding carboxylic acids is 2. The summed E-state index contributed by atoms with van der Waals surface area (Å²) in [6.45, 7) is 1.27. The lowest BCUT2D eigenvalue weighted by Crippen LogP contribution is -2.15. The van der Waals surface area contributed by atoms with E-state index in [-0.39, 0.29) is 18.1 Å². The predicted molar refractivity (Wildman–Crippen MR) is 121 cm³/mol. The number of esters is 1. The zero-order valence-corrected chi connectivity index (χ0v) is 18.3. The summed E-state index contributed by atoms with van der Waals surface area (Å²) in [6, 6.07) is 24.4. The lowest BCUT2D eigenvalue weighted by Gasteiger charge is -2.05. The van der Waals surface area contributed by atoms with Crippen molar-refractivity contribution >= 4 is 27.7 Å². The molecule has 4 rings (SSSR count). The van der Waals surface area contributed by atoms with Gasteiger partial charge in [0, 0.05) is 15.6 Å². The van der Waals surface area contributed by atoms with Crippen LogP contribution in [0.25, 0.3) is 22.6 Å². The molecule has 0 aliphatic rings. The quantitative estimate of drug-likeness (QED) is 0.248. The molecule has 0 unspecified atom stereocenters. The molecule has 3 aromatic carbocycles. The summed E-state index contributed by atoms with van der Waals surface area (Å²) in [5.74, 6) is -0.307. The Morgan fingerprint density at radius 3 is 2.13 bits per heavy atom. The molecule has 31 heavy (non-hydrogen) atoms. The van der Waals surface area contributed by atoms with E-state index in [0.717, 1.165) is 21.2 Å². The molecular weight excluding hydrogens is 458 g/mol. The van der Waals surface area contributed by atoms with Gasteiger partial charge in [-0.05, 0) is 42.3 Å². The highest BCUT2D eigenvalue weighted by atomic mass is 79.9. The first-order valence-electron chi connectivity index (χ1n) is 9.60. The summed E-state index contributed by atoms with van der Waals surface area (Å²) in [5.41, 5.74) is 3.33. The Hall–Kier alpha value is -3.51. The predicted octanol–water partition coefficient (Wildman–Crippen LogP) is 6.12. The van der Waals surface area contributed by atoms with E-state index in [1.807, 2.05) is 66.7 Å². The van der Waals surface area contributed by atoms with Gasteiger partial charge in [-0.25, -0.2) is 9.78 Å². The van der Waals surface area contributed by atoms with Gasteiger partial charge in [0.15, 0.2) is 18.1 Å². The Labute approximate surface area is 187 Å². The van der Waals surface area contributed by atoms with E-state index in [1.165, 1.54) is 0 Å². The fourth-order valence-electron chi connectivity index (χ4n) is 3.06. The summed E-state index contributed by atoms with van der Waals surface area (Å²) in [7, 11) is 0. The Morgan fingerprint density at radius 1 is 0.871 bits per heavy atom. The third-order valence-corrected chi connectivity index (χ3v) is 5.26. The van der Waals surface area contributed by atoms with Gasteiger partial charge >= 0.3 is 5.97 Å². The standard InChI is InChI=1S/C25H18BrNO4/c1-16-23(27-24(31-16)20-5-3-2-4-6-20)25(29)30-15-22(28)19-9-7-17(8-10-19)18-11-13-21(26)14-12-18/h2-14H,15H2,1H3. The van der Waals surface area contributed by atoms with Gasteiger partial charge in [0.05, 0.1) is 0 Å². The van der Waals surface area contributed by atoms with Gasteiger partial charge in [0.25, 0.3) is 0 Å². The van der Waals surface area contributed by atoms with Crippen molar-refractivity contribution < 1.29 is 18.7 Å². The van der Waals surface area contributed by atoms with E-state index in [9.17, 15) is 9.59 Å². The van der Waals surface area contributed by atoms with E-state index >= 15 is 0 Å². The van der Waals surface area contributed by atoms with Crippen molar-refractivity contribution in [1.29, 1.82) is 0 Å². The molecule has 0 spiro atoms. The second kappa shape index (κ2) is 9.10. The van der Waals surface area contributed by atoms with Crippen LogP contribution in [0.2, 0.25) is 0 Å². The zero-order chi connectivity index (χ0) is 21.8. The smallest absolute Gasteiger partial charge is 0.361 e. The minimum absolute atomic E-state index is 0.0669. The van der Waals surface area contributed by atoms with E-state index in [0.29, 0.717) is 17.2 Å². The first kappa shape index (κ1) is 20.8. The summed E-state index contributed by atoms with van der Waals surface area (Å²) in [5, 5.41) is 0. The first-order valence-corrected chi connectivity index (χ1v) is 10.4. The number of halogens is 1. The highest BCUT2D eigenvalue weighted by Gasteiger charge is 2.20. The molecule has 0 N–H and O–H groups in total. The van der Waals surface area contributed by atoms with Crippen LogP contribution < -0.4 is 0 Å². The van der Waals surface area contributed by atoms with Gasteiger partial charge in [-0.15, -0.1) is 0 Å². The second-order valence-electron chi connectivity index (χ2n) is 6.87. The number of hydrogen-bond donors (Lipinski definition) is 0. The van der Waals surface area contributed by atoms with E-state index in [4.69, 9.17) is 9.15 Å². The Balaban J connectivity index is 1.40. The number of oxazole rings is 1. The highest BCUT2D eigenvalue weighted by molar-refractivity contribution is 9.10. The highest BCUT2D eigenvalue weighted by Crippen LogP contribution is 2.23. The number of hydrogen-bond acceptors (Lipinski definition) is 5. The van der Waals surface area contributed by atoms with Crippen LogP contribution in [0.15, 0.2) is 87.8 Å². The van der Waals surface area contributed by atoms with Crippen molar-refractivity contribution in [1.82, 2.24) is 4.98 Å². The Bertz CT molecular complexity index is 1210. The lowest BCUT2D eigenvalue weighted by molar-refractivity contribution is 0.0468. The monoisotopic (exact) mass is 475 g/mol. The molecule has 0 fully saturated rings. The summed E-state index contributed by atoms with van der Waals surface area (Å²) in [4.78, 5) is 29.1. The molecule has 1 heterocycles. The maximum atomic E-state index is 12.5. The van der Waals surface area contributed by atoms with Crippen LogP contribution in [0.5, 0.6) is 0 Å². The molecule has 0 aliphatic carbocycles. The van der Waals surface area contributed by atoms with Gasteiger partial charge in [-0.1, -0.05) is 70.5 Å². The largest absolute Gasteiger partial charge is 0.452 e. The van der Waals surface area contributed by atoms with Crippen molar-refractivity contribution in [2.45, 2.75) is 6.92 Å². The topological polar surface area (TPSA) is 69.4 Å². The zero-order valence-electron chi connectivity index (χ0n) is 16.7. The van der Waals surface area contributed by atoms with Gasteiger partial charge < -0.3 is 9.15 Å². The number of ether oxygens (including phenoxy) is 1. The number of rotatable bonds is 6. The SMILES string of the molecule is Cc1oc(-c2ccccc2)nc1C(=O)OCC(=O)c1ccc(-c2ccc(Br)cc2)cc1. The van der Waals surface area contributed by atoms with Crippen LogP contribution in [0, 0.1) is 6.92 Å². The van der Waals surface area contributed by atoms with Crippen LogP contribution in [0.1, 0.15) is 26.6 Å². The van der Waals surface area contributed by atoms with Gasteiger partial charge in [0.2, 0.25) is 5.89 Å². The van der Waals surface area contributed by atoms with Gasteiger partial charge in [-0.2, -0.15) is 0 Å². The number of Topliss-reactive ketones (excluding diaryl/α,β-unsaturated/α-hetero) is 1. The van der Waals surface area contributed by atoms with E-state index < -0.39 is 5.97 Å². The molecule has 0 saturated carbocycles. The summed E-state index contributed by atoms with van der Waals surface area (Å²) in [6.07, 6.45) is 0. The molecule has 0 radical (unpaired) electrons. The van der Waals surface area contributed by atoms with Crippen LogP contribution in [0.3, 0.4) is 0 Å². The maximum absolute atomic E-state index is 12.5. The molecule has 0 saturated heterocycles. The Kier molecular flexibility index (Phi) is 6.09. The minimum Gasteiger partial charge on any atom is -0.452 e. The van der Waals surface area contributed by atoms with Crippen LogP contribution in [-0.4, -0.2) is 23.3 Å². The molecule has 5 nitrogen and oxygen atoms in total. The number of aromatic nitrogens is 1. The first-order chi connectivity index (χ1) is 15.0. The fourth-order valence-corrected chi connectivity index (χ4v) is 3.33. The minimum atomic E-state index is -0.691. The molecular formula is C25H18BrNO4. The van der Waals surface area contributed by atoms with Crippen molar-refractivity contribution in [3.05, 3.63) is 100 Å². The van der Waals surface area contributed by atoms with E-state index in [1.54, 1.807) is 19.1 Å². The van der Waals surface area contributed by atoms with Gasteiger partial charge in [0.1, 0.15) is 5.76 Å². The average molecular weight is 476 g/mol. The van der Waals surface area contributed by atoms with Crippen molar-refractivity contribution in [3.63, 3.8) is 0 Å². The number of ketones is 1. The van der Waals surface area contributed by atoms with Crippen molar-refractivity contribution in [3.8, 4) is 22.6 Å². The Morgan fingerprint density at radius 2 is 1.48 bits per heavy atom. The summed E-state index contributed by atoms with van der Waals surface area (Å²) >= 11 is 3.42. The van der Waals surface area contributed by atoms with Gasteiger partial charge in [-0.3, -0.25) is 4.79 Å². The molecule has 4 aromatic rings. The van der Waals surface area contributed by atoms with Crippen LogP contribution in [0.4, 0.5) is 0 Å². The van der Waals surface area contributed by atoms with Crippen LogP contribution >= 0.6 is 15.9 Å². The molecule has 6 heteroatoms.